The number of ether oxygens (including phenoxy) is 1. The third-order valence-electron chi connectivity index (χ3n) is 5.21. The fourth-order valence-corrected chi connectivity index (χ4v) is 3.47. The first-order valence-electron chi connectivity index (χ1n) is 9.13. The van der Waals surface area contributed by atoms with Crippen molar-refractivity contribution >= 4 is 11.8 Å². The first-order chi connectivity index (χ1) is 12.4. The van der Waals surface area contributed by atoms with Crippen molar-refractivity contribution in [2.24, 2.45) is 11.8 Å². The Kier molecular flexibility index (Phi) is 5.28. The second kappa shape index (κ2) is 7.46. The molecule has 138 valence electrons. The summed E-state index contributed by atoms with van der Waals surface area (Å²) in [6.07, 6.45) is 1.89. The van der Waals surface area contributed by atoms with E-state index < -0.39 is 0 Å². The van der Waals surface area contributed by atoms with E-state index in [9.17, 15) is 9.59 Å². The van der Waals surface area contributed by atoms with E-state index in [2.05, 4.69) is 11.4 Å². The number of nitriles is 1. The van der Waals surface area contributed by atoms with Gasteiger partial charge in [-0.3, -0.25) is 9.59 Å². The Hall–Kier alpha value is -2.39. The van der Waals surface area contributed by atoms with Crippen molar-refractivity contribution in [1.82, 2.24) is 10.2 Å². The number of benzene rings is 1. The monoisotopic (exact) mass is 355 g/mol. The largest absolute Gasteiger partial charge is 0.371 e. The predicted molar refractivity (Wildman–Crippen MR) is 96.3 cm³/mol. The highest BCUT2D eigenvalue weighted by molar-refractivity contribution is 5.95. The summed E-state index contributed by atoms with van der Waals surface area (Å²) in [6, 6.07) is 8.85. The second-order valence-corrected chi connectivity index (χ2v) is 7.65. The van der Waals surface area contributed by atoms with Crippen LogP contribution in [0.25, 0.3) is 0 Å². The topological polar surface area (TPSA) is 82.4 Å². The van der Waals surface area contributed by atoms with Crippen molar-refractivity contribution in [3.05, 3.63) is 35.4 Å². The molecule has 2 saturated heterocycles. The third-order valence-corrected chi connectivity index (χ3v) is 5.21. The minimum atomic E-state index is -0.235. The van der Waals surface area contributed by atoms with Crippen LogP contribution in [0.15, 0.2) is 24.3 Å². The van der Waals surface area contributed by atoms with Gasteiger partial charge >= 0.3 is 0 Å². The molecule has 2 aliphatic heterocycles. The van der Waals surface area contributed by atoms with Crippen LogP contribution in [0.2, 0.25) is 0 Å². The summed E-state index contributed by atoms with van der Waals surface area (Å²) in [6.45, 7) is 6.21. The Morgan fingerprint density at radius 2 is 2.19 bits per heavy atom. The van der Waals surface area contributed by atoms with Gasteiger partial charge in [0.05, 0.1) is 31.3 Å². The van der Waals surface area contributed by atoms with Gasteiger partial charge in [0.15, 0.2) is 0 Å². The molecular formula is C20H25N3O3. The van der Waals surface area contributed by atoms with E-state index in [0.29, 0.717) is 43.3 Å². The number of nitrogens with zero attached hydrogens (tertiary/aromatic N) is 2. The molecule has 1 N–H and O–H groups in total. The van der Waals surface area contributed by atoms with Crippen LogP contribution in [-0.2, 0) is 9.53 Å². The van der Waals surface area contributed by atoms with Gasteiger partial charge < -0.3 is 15.0 Å². The third kappa shape index (κ3) is 3.88. The lowest BCUT2D eigenvalue weighted by Crippen LogP contribution is -2.66. The van der Waals surface area contributed by atoms with Gasteiger partial charge in [0.2, 0.25) is 5.91 Å². The van der Waals surface area contributed by atoms with Crippen molar-refractivity contribution in [3.8, 4) is 6.07 Å². The van der Waals surface area contributed by atoms with Crippen LogP contribution in [0, 0.1) is 23.2 Å². The van der Waals surface area contributed by atoms with Crippen LogP contribution in [0.1, 0.15) is 42.6 Å². The SMILES string of the molecule is CC(C)C(=O)NCC1CCC2(CN(C(=O)c3cccc(C#N)c3)C2)OC1. The Labute approximate surface area is 154 Å². The molecule has 3 rings (SSSR count). The average Bonchev–Trinajstić information content (AvgIpc) is 2.64. The number of nitrogens with one attached hydrogen (secondary N) is 1. The lowest BCUT2D eigenvalue weighted by molar-refractivity contribution is -0.166. The van der Waals surface area contributed by atoms with E-state index in [4.69, 9.17) is 10.00 Å². The summed E-state index contributed by atoms with van der Waals surface area (Å²) in [4.78, 5) is 26.0. The smallest absolute Gasteiger partial charge is 0.254 e. The fourth-order valence-electron chi connectivity index (χ4n) is 3.47. The molecule has 0 aromatic heterocycles. The molecule has 2 fully saturated rings. The molecule has 1 aromatic rings. The number of amides is 2. The van der Waals surface area contributed by atoms with Crippen molar-refractivity contribution < 1.29 is 14.3 Å². The summed E-state index contributed by atoms with van der Waals surface area (Å²) in [5, 5.41) is 11.9. The Balaban J connectivity index is 1.47. The second-order valence-electron chi connectivity index (χ2n) is 7.65. The first kappa shape index (κ1) is 18.4. The predicted octanol–water partition coefficient (Wildman–Crippen LogP) is 1.95. The number of carbonyl (C=O) groups excluding carboxylic acids is 2. The van der Waals surface area contributed by atoms with Crippen molar-refractivity contribution in [3.63, 3.8) is 0 Å². The van der Waals surface area contributed by atoms with E-state index in [1.807, 2.05) is 13.8 Å². The Morgan fingerprint density at radius 1 is 1.42 bits per heavy atom. The zero-order valence-electron chi connectivity index (χ0n) is 15.3. The average molecular weight is 355 g/mol. The Morgan fingerprint density at radius 3 is 2.81 bits per heavy atom. The van der Waals surface area contributed by atoms with Gasteiger partial charge in [-0.15, -0.1) is 0 Å². The summed E-state index contributed by atoms with van der Waals surface area (Å²) in [7, 11) is 0. The molecule has 0 bridgehead atoms. The molecule has 1 spiro atoms. The minimum absolute atomic E-state index is 0.00316. The van der Waals surface area contributed by atoms with Gasteiger partial charge in [-0.25, -0.2) is 0 Å². The van der Waals surface area contributed by atoms with E-state index in [1.54, 1.807) is 29.2 Å². The normalized spacial score (nSPS) is 21.2. The van der Waals surface area contributed by atoms with Crippen LogP contribution in [0.4, 0.5) is 0 Å². The highest BCUT2D eigenvalue weighted by atomic mass is 16.5. The zero-order valence-corrected chi connectivity index (χ0v) is 15.3. The van der Waals surface area contributed by atoms with E-state index >= 15 is 0 Å². The van der Waals surface area contributed by atoms with Crippen LogP contribution in [-0.4, -0.2) is 48.6 Å². The van der Waals surface area contributed by atoms with Crippen molar-refractivity contribution in [2.75, 3.05) is 26.2 Å². The van der Waals surface area contributed by atoms with Crippen molar-refractivity contribution in [1.29, 1.82) is 5.26 Å². The van der Waals surface area contributed by atoms with Gasteiger partial charge in [0.25, 0.3) is 5.91 Å². The number of hydrogen-bond acceptors (Lipinski definition) is 4. The maximum absolute atomic E-state index is 12.5. The molecule has 0 aliphatic carbocycles. The summed E-state index contributed by atoms with van der Waals surface area (Å²) < 4.78 is 6.07. The molecule has 1 aromatic carbocycles. The van der Waals surface area contributed by atoms with E-state index in [1.165, 1.54) is 0 Å². The molecule has 26 heavy (non-hydrogen) atoms. The summed E-state index contributed by atoms with van der Waals surface area (Å²) >= 11 is 0. The minimum Gasteiger partial charge on any atom is -0.371 e. The standard InChI is InChI=1S/C20H25N3O3/c1-14(2)18(24)22-10-16-6-7-20(26-11-16)12-23(13-20)19(25)17-5-3-4-15(8-17)9-21/h3-5,8,14,16H,6-7,10-13H2,1-2H3,(H,22,24). The van der Waals surface area contributed by atoms with Crippen LogP contribution in [0.3, 0.4) is 0 Å². The first-order valence-corrected chi connectivity index (χ1v) is 9.13. The lowest BCUT2D eigenvalue weighted by Gasteiger charge is -2.52. The van der Waals surface area contributed by atoms with Crippen LogP contribution >= 0.6 is 0 Å². The lowest BCUT2D eigenvalue weighted by atomic mass is 9.82. The van der Waals surface area contributed by atoms with E-state index in [-0.39, 0.29) is 23.3 Å². The van der Waals surface area contributed by atoms with Gasteiger partial charge in [0, 0.05) is 18.0 Å². The van der Waals surface area contributed by atoms with Gasteiger partial charge in [0.1, 0.15) is 5.60 Å². The number of hydrogen-bond donors (Lipinski definition) is 1. The number of carbonyl (C=O) groups is 2. The van der Waals surface area contributed by atoms with E-state index in [0.717, 1.165) is 12.8 Å². The number of likely N-dealkylation sites (tertiary alicyclic amines) is 1. The van der Waals surface area contributed by atoms with Gasteiger partial charge in [-0.2, -0.15) is 5.26 Å². The molecule has 0 saturated carbocycles. The molecule has 2 amide bonds. The molecule has 6 nitrogen and oxygen atoms in total. The van der Waals surface area contributed by atoms with Crippen LogP contribution in [0.5, 0.6) is 0 Å². The Bertz CT molecular complexity index is 722. The molecule has 6 heteroatoms. The highest BCUT2D eigenvalue weighted by Gasteiger charge is 2.48. The fraction of sp³-hybridized carbons (Fsp3) is 0.550. The van der Waals surface area contributed by atoms with Crippen LogP contribution < -0.4 is 5.32 Å². The van der Waals surface area contributed by atoms with Gasteiger partial charge in [-0.05, 0) is 37.0 Å². The summed E-state index contributed by atoms with van der Waals surface area (Å²) in [5.74, 6) is 0.352. The molecule has 1 atom stereocenters. The quantitative estimate of drug-likeness (QED) is 0.895. The summed E-state index contributed by atoms with van der Waals surface area (Å²) in [5.41, 5.74) is 0.802. The molecular weight excluding hydrogens is 330 g/mol. The zero-order chi connectivity index (χ0) is 18.7. The molecule has 1 unspecified atom stereocenters. The molecule has 2 aliphatic rings. The van der Waals surface area contributed by atoms with Crippen molar-refractivity contribution in [2.45, 2.75) is 32.3 Å². The number of rotatable bonds is 4. The maximum Gasteiger partial charge on any atom is 0.254 e. The maximum atomic E-state index is 12.5. The van der Waals surface area contributed by atoms with Gasteiger partial charge in [-0.1, -0.05) is 19.9 Å². The highest BCUT2D eigenvalue weighted by Crippen LogP contribution is 2.36. The molecule has 0 radical (unpaired) electrons. The molecule has 2 heterocycles.